The van der Waals surface area contributed by atoms with E-state index in [4.69, 9.17) is 0 Å². The Morgan fingerprint density at radius 1 is 1.45 bits per heavy atom. The van der Waals surface area contributed by atoms with E-state index in [1.165, 1.54) is 0 Å². The van der Waals surface area contributed by atoms with Crippen LogP contribution in [0.5, 0.6) is 0 Å². The van der Waals surface area contributed by atoms with Crippen molar-refractivity contribution >= 4 is 24.6 Å². The van der Waals surface area contributed by atoms with Crippen LogP contribution in [0.15, 0.2) is 0 Å². The first-order chi connectivity index (χ1) is 9.04. The lowest BCUT2D eigenvalue weighted by molar-refractivity contribution is -0.794. The lowest BCUT2D eigenvalue weighted by atomic mass is 10.1. The molecule has 0 saturated carbocycles. The zero-order valence-corrected chi connectivity index (χ0v) is 13.9. The number of hydrogen-bond donors (Lipinski definition) is 3. The van der Waals surface area contributed by atoms with E-state index >= 15 is 0 Å². The first-order valence-corrected chi connectivity index (χ1v) is 7.72. The molecule has 0 aromatic rings. The van der Waals surface area contributed by atoms with Crippen molar-refractivity contribution in [1.82, 2.24) is 5.32 Å². The van der Waals surface area contributed by atoms with Crippen LogP contribution in [0.2, 0.25) is 0 Å². The fourth-order valence-corrected chi connectivity index (χ4v) is 3.21. The third-order valence-corrected chi connectivity index (χ3v) is 4.50. The minimum Gasteiger partial charge on any atom is -0.435 e. The molecule has 20 heavy (non-hydrogen) atoms. The molecular formula is C14H27N2O3S+. The number of carboxylic acid groups (broad SMARTS) is 1. The summed E-state index contributed by atoms with van der Waals surface area (Å²) in [6.07, 6.45) is -0.358. The summed E-state index contributed by atoms with van der Waals surface area (Å²) in [6, 6.07) is -0.181. The molecule has 1 unspecified atom stereocenters. The van der Waals surface area contributed by atoms with Crippen molar-refractivity contribution in [3.8, 4) is 0 Å². The maximum absolute atomic E-state index is 12.6. The third-order valence-electron chi connectivity index (χ3n) is 3.95. The molecule has 0 radical (unpaired) electrons. The standard InChI is InChI=1S/C14H26N2O3S/c1-9(8-20)12(17)16(13(18)19)7-11(6-10(16)2)15-14(3,4)5/h9-11,15H,6-8H2,1-5H3,(H-,18,19,20)/p+1/t9?,10-,11+,16+/m1/s1. The quantitative estimate of drug-likeness (QED) is 0.552. The Bertz CT molecular complexity index is 394. The fraction of sp³-hybridized carbons (Fsp3) is 0.857. The van der Waals surface area contributed by atoms with E-state index in [1.807, 2.05) is 27.7 Å². The molecule has 0 aliphatic carbocycles. The number of nitrogens with zero attached hydrogens (tertiary/aromatic N) is 1. The van der Waals surface area contributed by atoms with E-state index in [9.17, 15) is 14.7 Å². The zero-order chi connectivity index (χ0) is 15.7. The molecule has 6 heteroatoms. The van der Waals surface area contributed by atoms with Gasteiger partial charge in [0.05, 0.1) is 12.0 Å². The van der Waals surface area contributed by atoms with E-state index in [-0.39, 0.29) is 29.4 Å². The van der Waals surface area contributed by atoms with Gasteiger partial charge in [0.15, 0.2) is 0 Å². The Labute approximate surface area is 126 Å². The van der Waals surface area contributed by atoms with Gasteiger partial charge in [0, 0.05) is 17.7 Å². The average Bonchev–Trinajstić information content (AvgIpc) is 2.62. The predicted octanol–water partition coefficient (Wildman–Crippen LogP) is 2.12. The molecular weight excluding hydrogens is 276 g/mol. The number of nitrogens with one attached hydrogen (secondary N) is 1. The van der Waals surface area contributed by atoms with Gasteiger partial charge >= 0.3 is 12.0 Å². The van der Waals surface area contributed by atoms with Crippen LogP contribution >= 0.6 is 12.6 Å². The first kappa shape index (κ1) is 17.5. The van der Waals surface area contributed by atoms with Crippen molar-refractivity contribution in [2.24, 2.45) is 5.92 Å². The molecule has 4 atom stereocenters. The van der Waals surface area contributed by atoms with E-state index in [1.54, 1.807) is 6.92 Å². The van der Waals surface area contributed by atoms with Gasteiger partial charge in [-0.1, -0.05) is 0 Å². The van der Waals surface area contributed by atoms with Gasteiger partial charge in [-0.2, -0.15) is 21.9 Å². The maximum Gasteiger partial charge on any atom is 0.521 e. The number of thiol groups is 1. The molecule has 1 aliphatic heterocycles. The maximum atomic E-state index is 12.6. The van der Waals surface area contributed by atoms with Crippen molar-refractivity contribution < 1.29 is 19.2 Å². The summed E-state index contributed by atoms with van der Waals surface area (Å²) in [4.78, 5) is 24.4. The average molecular weight is 303 g/mol. The molecule has 1 aliphatic rings. The highest BCUT2D eigenvalue weighted by Gasteiger charge is 2.57. The van der Waals surface area contributed by atoms with Gasteiger partial charge < -0.3 is 10.4 Å². The molecule has 1 rings (SSSR count). The second kappa shape index (κ2) is 6.03. The lowest BCUT2D eigenvalue weighted by Gasteiger charge is -2.32. The van der Waals surface area contributed by atoms with Gasteiger partial charge in [0.2, 0.25) is 0 Å². The molecule has 116 valence electrons. The minimum absolute atomic E-state index is 0.0390. The topological polar surface area (TPSA) is 66.4 Å². The van der Waals surface area contributed by atoms with Crippen LogP contribution in [0.25, 0.3) is 0 Å². The van der Waals surface area contributed by atoms with Gasteiger partial charge in [0.1, 0.15) is 12.6 Å². The van der Waals surface area contributed by atoms with E-state index in [2.05, 4.69) is 17.9 Å². The summed E-state index contributed by atoms with van der Waals surface area (Å²) in [7, 11) is 0. The Balaban J connectivity index is 3.03. The predicted molar refractivity (Wildman–Crippen MR) is 81.9 cm³/mol. The van der Waals surface area contributed by atoms with Gasteiger partial charge in [-0.15, -0.1) is 0 Å². The second-order valence-electron chi connectivity index (χ2n) is 6.93. The Morgan fingerprint density at radius 2 is 2.00 bits per heavy atom. The summed E-state index contributed by atoms with van der Waals surface area (Å²) in [6.45, 7) is 10.0. The van der Waals surface area contributed by atoms with Crippen molar-refractivity contribution in [3.63, 3.8) is 0 Å². The first-order valence-electron chi connectivity index (χ1n) is 7.08. The Hall–Kier alpha value is -0.590. The second-order valence-corrected chi connectivity index (χ2v) is 7.30. The normalized spacial score (nSPS) is 32.1. The molecule has 0 aromatic carbocycles. The van der Waals surface area contributed by atoms with Gasteiger partial charge in [-0.05, 0) is 34.6 Å². The van der Waals surface area contributed by atoms with Crippen LogP contribution in [0.1, 0.15) is 41.0 Å². The molecule has 1 heterocycles. The van der Waals surface area contributed by atoms with Crippen LogP contribution < -0.4 is 5.32 Å². The molecule has 0 bridgehead atoms. The molecule has 1 saturated heterocycles. The van der Waals surface area contributed by atoms with E-state index in [0.717, 1.165) is 0 Å². The highest BCUT2D eigenvalue weighted by molar-refractivity contribution is 7.80. The van der Waals surface area contributed by atoms with Gasteiger partial charge in [0.25, 0.3) is 0 Å². The minimum atomic E-state index is -1.05. The highest BCUT2D eigenvalue weighted by atomic mass is 32.1. The summed E-state index contributed by atoms with van der Waals surface area (Å²) in [5.41, 5.74) is -0.0961. The van der Waals surface area contributed by atoms with Gasteiger partial charge in [-0.25, -0.2) is 4.79 Å². The highest BCUT2D eigenvalue weighted by Crippen LogP contribution is 2.31. The lowest BCUT2D eigenvalue weighted by Crippen LogP contribution is -2.61. The molecule has 2 N–H and O–H groups in total. The number of carbonyl (C=O) groups is 2. The molecule has 0 aromatic heterocycles. The summed E-state index contributed by atoms with van der Waals surface area (Å²) >= 11 is 4.13. The summed E-state index contributed by atoms with van der Waals surface area (Å²) in [5, 5.41) is 13.1. The SMILES string of the molecule is CC(CS)C(=O)[N@+]1(C(=O)O)C[C@@H](NC(C)(C)C)C[C@H]1C. The molecule has 2 amide bonds. The number of likely N-dealkylation sites (tertiary alicyclic amines) is 1. The Morgan fingerprint density at radius 3 is 2.40 bits per heavy atom. The molecule has 0 spiro atoms. The van der Waals surface area contributed by atoms with Crippen molar-refractivity contribution in [2.75, 3.05) is 12.3 Å². The third kappa shape index (κ3) is 3.35. The van der Waals surface area contributed by atoms with Crippen LogP contribution in [0.3, 0.4) is 0 Å². The van der Waals surface area contributed by atoms with Crippen molar-refractivity contribution in [2.45, 2.75) is 58.7 Å². The number of hydrogen-bond acceptors (Lipinski definition) is 4. The van der Waals surface area contributed by atoms with Crippen molar-refractivity contribution in [3.05, 3.63) is 0 Å². The van der Waals surface area contributed by atoms with Crippen LogP contribution in [0.4, 0.5) is 4.79 Å². The van der Waals surface area contributed by atoms with Crippen molar-refractivity contribution in [1.29, 1.82) is 0 Å². The monoisotopic (exact) mass is 303 g/mol. The van der Waals surface area contributed by atoms with E-state index < -0.39 is 10.6 Å². The molecule has 1 fully saturated rings. The molecule has 5 nitrogen and oxygen atoms in total. The fourth-order valence-electron chi connectivity index (χ4n) is 3.05. The zero-order valence-electron chi connectivity index (χ0n) is 13.0. The summed E-state index contributed by atoms with van der Waals surface area (Å²) in [5.74, 6) is -0.223. The number of carbonyl (C=O) groups excluding carboxylic acids is 1. The Kier molecular flexibility index (Phi) is 5.27. The van der Waals surface area contributed by atoms with Crippen LogP contribution in [0, 0.1) is 5.92 Å². The largest absolute Gasteiger partial charge is 0.521 e. The smallest absolute Gasteiger partial charge is 0.435 e. The number of imide groups is 1. The van der Waals surface area contributed by atoms with E-state index in [0.29, 0.717) is 18.7 Å². The number of quaternary nitrogens is 1. The number of rotatable bonds is 3. The summed E-state index contributed by atoms with van der Waals surface area (Å²) < 4.78 is -0.477. The van der Waals surface area contributed by atoms with Gasteiger partial charge in [-0.3, -0.25) is 0 Å². The van der Waals surface area contributed by atoms with Crippen LogP contribution in [-0.2, 0) is 4.79 Å². The van der Waals surface area contributed by atoms with Crippen LogP contribution in [-0.4, -0.2) is 51.5 Å². The number of amides is 2.